The first kappa shape index (κ1) is 16.2. The van der Waals surface area contributed by atoms with Crippen LogP contribution in [0.3, 0.4) is 0 Å². The molecule has 0 aliphatic carbocycles. The summed E-state index contributed by atoms with van der Waals surface area (Å²) < 4.78 is 16.2. The van der Waals surface area contributed by atoms with Gasteiger partial charge >= 0.3 is 0 Å². The topological polar surface area (TPSA) is 34.9 Å². The number of fused-ring (bicyclic) bond motifs is 1. The zero-order valence-corrected chi connectivity index (χ0v) is 15.3. The van der Waals surface area contributed by atoms with Crippen LogP contribution in [-0.2, 0) is 6.54 Å². The van der Waals surface area contributed by atoms with Gasteiger partial charge in [0, 0.05) is 15.4 Å². The van der Waals surface area contributed by atoms with Gasteiger partial charge in [-0.05, 0) is 35.4 Å². The first-order valence-electron chi connectivity index (χ1n) is 7.59. The molecule has 0 unspecified atom stereocenters. The molecule has 2 heterocycles. The van der Waals surface area contributed by atoms with Crippen molar-refractivity contribution < 1.29 is 4.39 Å². The highest BCUT2D eigenvalue weighted by Crippen LogP contribution is 2.31. The average molecular weight is 415 g/mol. The van der Waals surface area contributed by atoms with Crippen molar-refractivity contribution in [1.29, 1.82) is 0 Å². The second-order valence-electron chi connectivity index (χ2n) is 5.64. The molecule has 4 rings (SSSR count). The number of thiophene rings is 1. The normalized spacial score (nSPS) is 11.1. The van der Waals surface area contributed by atoms with Gasteiger partial charge in [0.1, 0.15) is 10.5 Å². The van der Waals surface area contributed by atoms with Gasteiger partial charge in [-0.1, -0.05) is 40.2 Å². The van der Waals surface area contributed by atoms with Gasteiger partial charge in [0.25, 0.3) is 5.56 Å². The highest BCUT2D eigenvalue weighted by atomic mass is 79.9. The highest BCUT2D eigenvalue weighted by molar-refractivity contribution is 9.10. The number of hydrogen-bond donors (Lipinski definition) is 0. The molecule has 124 valence electrons. The zero-order valence-electron chi connectivity index (χ0n) is 12.9. The zero-order chi connectivity index (χ0) is 17.4. The molecule has 0 aliphatic heterocycles. The molecule has 4 aromatic rings. The Morgan fingerprint density at radius 3 is 2.52 bits per heavy atom. The second-order valence-corrected chi connectivity index (χ2v) is 7.43. The Balaban J connectivity index is 1.75. The van der Waals surface area contributed by atoms with E-state index in [0.29, 0.717) is 16.8 Å². The molecule has 0 spiro atoms. The monoisotopic (exact) mass is 414 g/mol. The molecule has 0 bridgehead atoms. The van der Waals surface area contributed by atoms with E-state index in [9.17, 15) is 9.18 Å². The minimum Gasteiger partial charge on any atom is -0.294 e. The Labute approximate surface area is 155 Å². The minimum atomic E-state index is -0.290. The van der Waals surface area contributed by atoms with E-state index in [0.717, 1.165) is 21.2 Å². The molecule has 0 N–H and O–H groups in total. The van der Waals surface area contributed by atoms with Gasteiger partial charge in [-0.15, -0.1) is 11.3 Å². The van der Waals surface area contributed by atoms with Crippen molar-refractivity contribution >= 4 is 37.5 Å². The van der Waals surface area contributed by atoms with E-state index in [1.54, 1.807) is 23.0 Å². The number of benzene rings is 2. The molecular formula is C19H12BrFN2OS. The van der Waals surface area contributed by atoms with Crippen LogP contribution in [0.15, 0.2) is 69.5 Å². The number of rotatable bonds is 3. The maximum atomic E-state index is 13.0. The molecule has 2 aromatic carbocycles. The Bertz CT molecular complexity index is 1100. The van der Waals surface area contributed by atoms with Crippen molar-refractivity contribution in [2.75, 3.05) is 0 Å². The van der Waals surface area contributed by atoms with Crippen molar-refractivity contribution in [3.05, 3.63) is 86.4 Å². The van der Waals surface area contributed by atoms with Gasteiger partial charge in [-0.2, -0.15) is 0 Å². The summed E-state index contributed by atoms with van der Waals surface area (Å²) in [6.45, 7) is 0.369. The quantitative estimate of drug-likeness (QED) is 0.468. The van der Waals surface area contributed by atoms with Gasteiger partial charge in [0.2, 0.25) is 0 Å². The van der Waals surface area contributed by atoms with Crippen molar-refractivity contribution in [3.8, 4) is 11.1 Å². The van der Waals surface area contributed by atoms with Crippen LogP contribution < -0.4 is 5.56 Å². The fourth-order valence-corrected chi connectivity index (χ4v) is 3.92. The Hall–Kier alpha value is -2.31. The van der Waals surface area contributed by atoms with E-state index >= 15 is 0 Å². The van der Waals surface area contributed by atoms with E-state index in [2.05, 4.69) is 20.9 Å². The van der Waals surface area contributed by atoms with E-state index in [1.807, 2.05) is 29.6 Å². The van der Waals surface area contributed by atoms with Crippen molar-refractivity contribution in [2.24, 2.45) is 0 Å². The summed E-state index contributed by atoms with van der Waals surface area (Å²) in [4.78, 5) is 17.3. The van der Waals surface area contributed by atoms with Gasteiger partial charge in [0.15, 0.2) is 0 Å². The Morgan fingerprint density at radius 1 is 1.08 bits per heavy atom. The van der Waals surface area contributed by atoms with Crippen LogP contribution in [0.4, 0.5) is 4.39 Å². The van der Waals surface area contributed by atoms with Crippen LogP contribution in [0, 0.1) is 5.82 Å². The second kappa shape index (κ2) is 6.54. The summed E-state index contributed by atoms with van der Waals surface area (Å²) in [5.74, 6) is -0.290. The number of nitrogens with zero attached hydrogens (tertiary/aromatic N) is 2. The summed E-state index contributed by atoms with van der Waals surface area (Å²) in [7, 11) is 0. The first-order chi connectivity index (χ1) is 12.1. The Morgan fingerprint density at radius 2 is 1.80 bits per heavy atom. The van der Waals surface area contributed by atoms with E-state index in [1.165, 1.54) is 23.5 Å². The molecule has 0 saturated carbocycles. The third-order valence-corrected chi connectivity index (χ3v) is 5.45. The Kier molecular flexibility index (Phi) is 4.23. The molecule has 0 amide bonds. The largest absolute Gasteiger partial charge is 0.294 e. The third kappa shape index (κ3) is 3.15. The molecule has 0 saturated heterocycles. The predicted octanol–water partition coefficient (Wildman–Crippen LogP) is 5.07. The van der Waals surface area contributed by atoms with Gasteiger partial charge in [-0.3, -0.25) is 9.36 Å². The molecule has 0 fully saturated rings. The van der Waals surface area contributed by atoms with Gasteiger partial charge in [0.05, 0.1) is 18.4 Å². The predicted molar refractivity (Wildman–Crippen MR) is 103 cm³/mol. The average Bonchev–Trinajstić information content (AvgIpc) is 3.05. The lowest BCUT2D eigenvalue weighted by molar-refractivity contribution is 0.626. The summed E-state index contributed by atoms with van der Waals surface area (Å²) in [6.07, 6.45) is 1.56. The lowest BCUT2D eigenvalue weighted by atomic mass is 10.1. The molecule has 6 heteroatoms. The molecule has 0 aliphatic rings. The van der Waals surface area contributed by atoms with Crippen molar-refractivity contribution in [1.82, 2.24) is 9.55 Å². The lowest BCUT2D eigenvalue weighted by Crippen LogP contribution is -2.20. The number of aromatic nitrogens is 2. The van der Waals surface area contributed by atoms with Crippen LogP contribution in [0.5, 0.6) is 0 Å². The summed E-state index contributed by atoms with van der Waals surface area (Å²) in [5.41, 5.74) is 3.47. The minimum absolute atomic E-state index is 0.0808. The number of hydrogen-bond acceptors (Lipinski definition) is 3. The summed E-state index contributed by atoms with van der Waals surface area (Å²) >= 11 is 4.82. The molecule has 0 atom stereocenters. The van der Waals surface area contributed by atoms with Crippen LogP contribution in [0.2, 0.25) is 0 Å². The molecular weight excluding hydrogens is 403 g/mol. The maximum Gasteiger partial charge on any atom is 0.271 e. The molecule has 25 heavy (non-hydrogen) atoms. The van der Waals surface area contributed by atoms with Gasteiger partial charge in [-0.25, -0.2) is 9.37 Å². The highest BCUT2D eigenvalue weighted by Gasteiger charge is 2.12. The van der Waals surface area contributed by atoms with Gasteiger partial charge < -0.3 is 0 Å². The van der Waals surface area contributed by atoms with E-state index < -0.39 is 0 Å². The fourth-order valence-electron chi connectivity index (χ4n) is 2.68. The summed E-state index contributed by atoms with van der Waals surface area (Å²) in [5, 5.41) is 1.96. The molecule has 0 radical (unpaired) electrons. The van der Waals surface area contributed by atoms with Crippen LogP contribution in [0.25, 0.3) is 21.3 Å². The van der Waals surface area contributed by atoms with Crippen molar-refractivity contribution in [3.63, 3.8) is 0 Å². The third-order valence-electron chi connectivity index (χ3n) is 3.97. The molecule has 3 nitrogen and oxygen atoms in total. The van der Waals surface area contributed by atoms with Crippen molar-refractivity contribution in [2.45, 2.75) is 6.54 Å². The number of halogens is 2. The van der Waals surface area contributed by atoms with E-state index in [4.69, 9.17) is 0 Å². The lowest BCUT2D eigenvalue weighted by Gasteiger charge is -2.06. The molecule has 2 aromatic heterocycles. The van der Waals surface area contributed by atoms with Crippen LogP contribution in [0.1, 0.15) is 5.56 Å². The summed E-state index contributed by atoms with van der Waals surface area (Å²) in [6, 6.07) is 14.1. The van der Waals surface area contributed by atoms with E-state index in [-0.39, 0.29) is 11.4 Å². The first-order valence-corrected chi connectivity index (χ1v) is 9.26. The standard InChI is InChI=1S/C19H12BrFN2OS/c20-14-5-3-13(4-6-14)16-10-25-18-17(16)22-11-23(19(18)24)9-12-1-7-15(21)8-2-12/h1-8,10-11H,9H2. The van der Waals surface area contributed by atoms with Crippen LogP contribution in [-0.4, -0.2) is 9.55 Å². The smallest absolute Gasteiger partial charge is 0.271 e. The fraction of sp³-hybridized carbons (Fsp3) is 0.0526. The maximum absolute atomic E-state index is 13.0. The van der Waals surface area contributed by atoms with Crippen LogP contribution >= 0.6 is 27.3 Å². The SMILES string of the molecule is O=c1c2scc(-c3ccc(Br)cc3)c2ncn1Cc1ccc(F)cc1.